The zero-order valence-electron chi connectivity index (χ0n) is 15.6. The van der Waals surface area contributed by atoms with Crippen LogP contribution in [0.4, 0.5) is 0 Å². The Morgan fingerprint density at radius 1 is 1.04 bits per heavy atom. The standard InChI is InChI=1S/C23H24N2O2/c1-27-20-12-9-17(10-13-20)19-7-4-5-15-25(16-19)23(26)22-14-11-18-6-2-3-8-21(18)24-22/h2-3,6,8-14,19H,4-5,7,15-16H2,1H3. The Balaban J connectivity index is 1.56. The Bertz CT molecular complexity index is 937. The first-order valence-electron chi connectivity index (χ1n) is 9.53. The average Bonchev–Trinajstić information content (AvgIpc) is 2.99. The molecule has 0 aliphatic carbocycles. The number of para-hydroxylation sites is 1. The summed E-state index contributed by atoms with van der Waals surface area (Å²) in [5.41, 5.74) is 2.66. The number of methoxy groups -OCH3 is 1. The number of benzene rings is 2. The van der Waals surface area contributed by atoms with Crippen LogP contribution in [0.5, 0.6) is 5.75 Å². The minimum absolute atomic E-state index is 0.0289. The van der Waals surface area contributed by atoms with E-state index in [4.69, 9.17) is 4.74 Å². The second-order valence-corrected chi connectivity index (χ2v) is 7.11. The van der Waals surface area contributed by atoms with Crippen molar-refractivity contribution < 1.29 is 9.53 Å². The van der Waals surface area contributed by atoms with Gasteiger partial charge in [0.25, 0.3) is 5.91 Å². The number of hydrogen-bond donors (Lipinski definition) is 0. The molecule has 1 fully saturated rings. The van der Waals surface area contributed by atoms with E-state index in [0.717, 1.165) is 49.0 Å². The molecule has 138 valence electrons. The number of carbonyl (C=O) groups excluding carboxylic acids is 1. The van der Waals surface area contributed by atoms with Crippen LogP contribution < -0.4 is 4.74 Å². The Morgan fingerprint density at radius 3 is 2.67 bits per heavy atom. The number of hydrogen-bond acceptors (Lipinski definition) is 3. The van der Waals surface area contributed by atoms with Crippen LogP contribution >= 0.6 is 0 Å². The largest absolute Gasteiger partial charge is 0.497 e. The summed E-state index contributed by atoms with van der Waals surface area (Å²) in [7, 11) is 1.68. The third kappa shape index (κ3) is 3.80. The van der Waals surface area contributed by atoms with Crippen molar-refractivity contribution in [2.24, 2.45) is 0 Å². The zero-order chi connectivity index (χ0) is 18.6. The number of rotatable bonds is 3. The molecule has 0 saturated carbocycles. The van der Waals surface area contributed by atoms with Gasteiger partial charge in [-0.15, -0.1) is 0 Å². The molecule has 4 heteroatoms. The number of ether oxygens (including phenoxy) is 1. The van der Waals surface area contributed by atoms with E-state index in [-0.39, 0.29) is 5.91 Å². The first kappa shape index (κ1) is 17.5. The average molecular weight is 360 g/mol. The molecule has 2 aromatic carbocycles. The van der Waals surface area contributed by atoms with Crippen molar-refractivity contribution in [1.29, 1.82) is 0 Å². The lowest BCUT2D eigenvalue weighted by molar-refractivity contribution is 0.0749. The smallest absolute Gasteiger partial charge is 0.272 e. The molecule has 1 unspecified atom stereocenters. The minimum Gasteiger partial charge on any atom is -0.497 e. The topological polar surface area (TPSA) is 42.4 Å². The fourth-order valence-corrected chi connectivity index (χ4v) is 3.82. The molecular weight excluding hydrogens is 336 g/mol. The Hall–Kier alpha value is -2.88. The van der Waals surface area contributed by atoms with Gasteiger partial charge in [0.05, 0.1) is 12.6 Å². The van der Waals surface area contributed by atoms with Crippen molar-refractivity contribution in [1.82, 2.24) is 9.88 Å². The highest BCUT2D eigenvalue weighted by molar-refractivity contribution is 5.95. The summed E-state index contributed by atoms with van der Waals surface area (Å²) in [5, 5.41) is 1.06. The van der Waals surface area contributed by atoms with Gasteiger partial charge < -0.3 is 9.64 Å². The van der Waals surface area contributed by atoms with Crippen molar-refractivity contribution in [2.45, 2.75) is 25.2 Å². The molecule has 0 radical (unpaired) electrons. The molecular formula is C23H24N2O2. The highest BCUT2D eigenvalue weighted by atomic mass is 16.5. The number of nitrogens with zero attached hydrogens (tertiary/aromatic N) is 2. The third-order valence-electron chi connectivity index (χ3n) is 5.36. The summed E-state index contributed by atoms with van der Waals surface area (Å²) in [6, 6.07) is 20.0. The molecule has 27 heavy (non-hydrogen) atoms. The van der Waals surface area contributed by atoms with Gasteiger partial charge >= 0.3 is 0 Å². The second-order valence-electron chi connectivity index (χ2n) is 7.11. The van der Waals surface area contributed by atoms with Gasteiger partial charge in [-0.2, -0.15) is 0 Å². The summed E-state index contributed by atoms with van der Waals surface area (Å²) in [6.45, 7) is 1.53. The molecule has 1 aliphatic rings. The predicted molar refractivity (Wildman–Crippen MR) is 107 cm³/mol. The van der Waals surface area contributed by atoms with Gasteiger partial charge in [-0.05, 0) is 42.7 Å². The lowest BCUT2D eigenvalue weighted by atomic mass is 9.94. The lowest BCUT2D eigenvalue weighted by Crippen LogP contribution is -2.34. The number of aromatic nitrogens is 1. The van der Waals surface area contributed by atoms with E-state index in [0.29, 0.717) is 11.6 Å². The van der Waals surface area contributed by atoms with Gasteiger partial charge in [-0.1, -0.05) is 42.8 Å². The van der Waals surface area contributed by atoms with E-state index < -0.39 is 0 Å². The summed E-state index contributed by atoms with van der Waals surface area (Å²) in [6.07, 6.45) is 3.26. The van der Waals surface area contributed by atoms with Crippen LogP contribution in [0.3, 0.4) is 0 Å². The highest BCUT2D eigenvalue weighted by Gasteiger charge is 2.24. The van der Waals surface area contributed by atoms with E-state index in [1.807, 2.05) is 53.4 Å². The maximum Gasteiger partial charge on any atom is 0.272 e. The Morgan fingerprint density at radius 2 is 1.85 bits per heavy atom. The summed E-state index contributed by atoms with van der Waals surface area (Å²) >= 11 is 0. The molecule has 3 aromatic rings. The monoisotopic (exact) mass is 360 g/mol. The third-order valence-corrected chi connectivity index (χ3v) is 5.36. The van der Waals surface area contributed by atoms with Crippen LogP contribution in [0, 0.1) is 0 Å². The fourth-order valence-electron chi connectivity index (χ4n) is 3.82. The van der Waals surface area contributed by atoms with Crippen molar-refractivity contribution in [2.75, 3.05) is 20.2 Å². The van der Waals surface area contributed by atoms with Crippen LogP contribution in [0.15, 0.2) is 60.7 Å². The SMILES string of the molecule is COc1ccc(C2CCCCN(C(=O)c3ccc4ccccc4n3)C2)cc1. The summed E-state index contributed by atoms with van der Waals surface area (Å²) < 4.78 is 5.26. The molecule has 0 bridgehead atoms. The molecule has 1 aliphatic heterocycles. The fraction of sp³-hybridized carbons (Fsp3) is 0.304. The lowest BCUT2D eigenvalue weighted by Gasteiger charge is -2.24. The summed E-state index contributed by atoms with van der Waals surface area (Å²) in [5.74, 6) is 1.24. The van der Waals surface area contributed by atoms with E-state index >= 15 is 0 Å². The number of amides is 1. The van der Waals surface area contributed by atoms with Crippen LogP contribution in [-0.4, -0.2) is 36.0 Å². The zero-order valence-corrected chi connectivity index (χ0v) is 15.6. The van der Waals surface area contributed by atoms with Gasteiger partial charge in [0.2, 0.25) is 0 Å². The van der Waals surface area contributed by atoms with Crippen molar-refractivity contribution in [3.63, 3.8) is 0 Å². The molecule has 0 N–H and O–H groups in total. The van der Waals surface area contributed by atoms with E-state index in [9.17, 15) is 4.79 Å². The maximum absolute atomic E-state index is 13.1. The predicted octanol–water partition coefficient (Wildman–Crippen LogP) is 4.65. The second kappa shape index (κ2) is 7.78. The normalized spacial score (nSPS) is 17.5. The van der Waals surface area contributed by atoms with E-state index in [1.54, 1.807) is 7.11 Å². The number of fused-ring (bicyclic) bond motifs is 1. The van der Waals surface area contributed by atoms with Gasteiger partial charge in [0.15, 0.2) is 0 Å². The number of pyridine rings is 1. The van der Waals surface area contributed by atoms with Gasteiger partial charge in [-0.25, -0.2) is 4.98 Å². The van der Waals surface area contributed by atoms with Crippen LogP contribution in [0.1, 0.15) is 41.2 Å². The molecule has 4 nitrogen and oxygen atoms in total. The summed E-state index contributed by atoms with van der Waals surface area (Å²) in [4.78, 5) is 19.7. The van der Waals surface area contributed by atoms with Crippen molar-refractivity contribution in [3.05, 3.63) is 71.9 Å². The highest BCUT2D eigenvalue weighted by Crippen LogP contribution is 2.28. The minimum atomic E-state index is 0.0289. The van der Waals surface area contributed by atoms with E-state index in [2.05, 4.69) is 17.1 Å². The molecule has 1 amide bonds. The molecule has 2 heterocycles. The van der Waals surface area contributed by atoms with Crippen LogP contribution in [0.25, 0.3) is 10.9 Å². The van der Waals surface area contributed by atoms with Crippen molar-refractivity contribution >= 4 is 16.8 Å². The van der Waals surface area contributed by atoms with Crippen LogP contribution in [0.2, 0.25) is 0 Å². The first-order chi connectivity index (χ1) is 13.2. The quantitative estimate of drug-likeness (QED) is 0.682. The number of likely N-dealkylation sites (tertiary alicyclic amines) is 1. The van der Waals surface area contributed by atoms with Crippen LogP contribution in [-0.2, 0) is 0 Å². The first-order valence-corrected chi connectivity index (χ1v) is 9.53. The molecule has 1 saturated heterocycles. The maximum atomic E-state index is 13.1. The van der Waals surface area contributed by atoms with Gasteiger partial charge in [-0.3, -0.25) is 4.79 Å². The molecule has 1 atom stereocenters. The van der Waals surface area contributed by atoms with E-state index in [1.165, 1.54) is 5.56 Å². The Labute approximate surface area is 159 Å². The van der Waals surface area contributed by atoms with Gasteiger partial charge in [0, 0.05) is 24.4 Å². The molecule has 1 aromatic heterocycles. The Kier molecular flexibility index (Phi) is 5.05. The van der Waals surface area contributed by atoms with Gasteiger partial charge in [0.1, 0.15) is 11.4 Å². The molecule has 0 spiro atoms. The number of carbonyl (C=O) groups is 1. The van der Waals surface area contributed by atoms with Crippen molar-refractivity contribution in [3.8, 4) is 5.75 Å². The molecule has 4 rings (SSSR count).